The van der Waals surface area contributed by atoms with Crippen LogP contribution in [-0.2, 0) is 4.74 Å². The maximum absolute atomic E-state index is 11.8. The van der Waals surface area contributed by atoms with E-state index >= 15 is 0 Å². The van der Waals surface area contributed by atoms with E-state index in [4.69, 9.17) is 4.74 Å². The van der Waals surface area contributed by atoms with Gasteiger partial charge in [-0.25, -0.2) is 9.97 Å². The van der Waals surface area contributed by atoms with E-state index in [1.165, 1.54) is 18.7 Å². The number of rotatable bonds is 4. The molecule has 2 rings (SSSR count). The molecule has 98 valence electrons. The van der Waals surface area contributed by atoms with Crippen LogP contribution in [0.25, 0.3) is 0 Å². The van der Waals surface area contributed by atoms with Crippen molar-refractivity contribution in [2.75, 3.05) is 13.2 Å². The fourth-order valence-corrected chi connectivity index (χ4v) is 2.35. The predicted octanol–water partition coefficient (Wildman–Crippen LogP) is 1.27. The molecule has 1 aromatic rings. The number of ether oxygens (including phenoxy) is 1. The van der Waals surface area contributed by atoms with Crippen molar-refractivity contribution in [3.05, 3.63) is 24.3 Å². The molecule has 0 spiro atoms. The van der Waals surface area contributed by atoms with Crippen molar-refractivity contribution >= 4 is 5.91 Å². The zero-order valence-electron chi connectivity index (χ0n) is 10.8. The molecular weight excluding hydrogens is 230 g/mol. The zero-order chi connectivity index (χ0) is 13.0. The average Bonchev–Trinajstić information content (AvgIpc) is 2.85. The van der Waals surface area contributed by atoms with Gasteiger partial charge in [0.25, 0.3) is 5.91 Å². The van der Waals surface area contributed by atoms with E-state index in [1.807, 2.05) is 0 Å². The van der Waals surface area contributed by atoms with E-state index in [9.17, 15) is 4.79 Å². The van der Waals surface area contributed by atoms with Crippen LogP contribution >= 0.6 is 0 Å². The van der Waals surface area contributed by atoms with Crippen molar-refractivity contribution < 1.29 is 9.53 Å². The largest absolute Gasteiger partial charge is 0.378 e. The van der Waals surface area contributed by atoms with E-state index in [-0.39, 0.29) is 12.0 Å². The van der Waals surface area contributed by atoms with Gasteiger partial charge in [0.2, 0.25) is 0 Å². The minimum Gasteiger partial charge on any atom is -0.378 e. The molecule has 1 aromatic heterocycles. The normalized spacial score (nSPS) is 23.3. The summed E-state index contributed by atoms with van der Waals surface area (Å²) in [5.41, 5.74) is 0.498. The number of nitrogens with one attached hydrogen (secondary N) is 1. The highest BCUT2D eigenvalue weighted by atomic mass is 16.5. The first kappa shape index (κ1) is 13.0. The van der Waals surface area contributed by atoms with Gasteiger partial charge in [0.15, 0.2) is 0 Å². The van der Waals surface area contributed by atoms with Crippen LogP contribution in [0, 0.1) is 11.8 Å². The Bertz CT molecular complexity index is 394. The second-order valence-corrected chi connectivity index (χ2v) is 4.97. The van der Waals surface area contributed by atoms with Crippen LogP contribution in [0.4, 0.5) is 0 Å². The number of aromatic nitrogens is 2. The molecule has 1 fully saturated rings. The van der Waals surface area contributed by atoms with Gasteiger partial charge in [0.05, 0.1) is 11.7 Å². The molecule has 1 N–H and O–H groups in total. The van der Waals surface area contributed by atoms with Gasteiger partial charge in [0, 0.05) is 31.5 Å². The minimum atomic E-state index is -0.120. The number of hydrogen-bond acceptors (Lipinski definition) is 4. The Hall–Kier alpha value is -1.49. The van der Waals surface area contributed by atoms with Gasteiger partial charge in [0.1, 0.15) is 6.33 Å². The van der Waals surface area contributed by atoms with Crippen molar-refractivity contribution in [2.45, 2.75) is 26.4 Å². The van der Waals surface area contributed by atoms with Crippen LogP contribution < -0.4 is 5.32 Å². The molecule has 2 heterocycles. The van der Waals surface area contributed by atoms with Crippen molar-refractivity contribution in [1.82, 2.24) is 15.3 Å². The van der Waals surface area contributed by atoms with Gasteiger partial charge in [-0.15, -0.1) is 0 Å². The fraction of sp³-hybridized carbons (Fsp3) is 0.615. The van der Waals surface area contributed by atoms with E-state index < -0.39 is 0 Å². The maximum Gasteiger partial charge on any atom is 0.254 e. The Morgan fingerprint density at radius 3 is 2.89 bits per heavy atom. The second-order valence-electron chi connectivity index (χ2n) is 4.97. The Morgan fingerprint density at radius 1 is 1.50 bits per heavy atom. The van der Waals surface area contributed by atoms with Crippen molar-refractivity contribution in [2.24, 2.45) is 11.8 Å². The summed E-state index contributed by atoms with van der Waals surface area (Å²) >= 11 is 0. The van der Waals surface area contributed by atoms with E-state index in [1.54, 1.807) is 0 Å². The highest BCUT2D eigenvalue weighted by Gasteiger charge is 2.30. The molecule has 0 aromatic carbocycles. The summed E-state index contributed by atoms with van der Waals surface area (Å²) < 4.78 is 5.69. The number of nitrogens with zero attached hydrogens (tertiary/aromatic N) is 2. The number of carbonyl (C=O) groups excluding carboxylic acids is 1. The number of carbonyl (C=O) groups is 1. The summed E-state index contributed by atoms with van der Waals surface area (Å²) in [4.78, 5) is 19.5. The summed E-state index contributed by atoms with van der Waals surface area (Å²) in [7, 11) is 0. The lowest BCUT2D eigenvalue weighted by atomic mass is 9.93. The van der Waals surface area contributed by atoms with E-state index in [0.717, 1.165) is 13.0 Å². The van der Waals surface area contributed by atoms with Gasteiger partial charge in [-0.05, 0) is 12.3 Å². The quantitative estimate of drug-likeness (QED) is 0.872. The molecule has 0 unspecified atom stereocenters. The minimum absolute atomic E-state index is 0.120. The van der Waals surface area contributed by atoms with Gasteiger partial charge in [-0.1, -0.05) is 13.8 Å². The molecule has 0 saturated carbocycles. The lowest BCUT2D eigenvalue weighted by Crippen LogP contribution is -2.35. The summed E-state index contributed by atoms with van der Waals surface area (Å²) in [6.07, 6.45) is 5.71. The standard InChI is InChI=1S/C13H19N3O2/c1-9(2)12-10(3-4-18-12)7-16-13(17)11-5-14-8-15-6-11/h5-6,8-10,12H,3-4,7H2,1-2H3,(H,16,17)/t10-,12-/m1/s1. The predicted molar refractivity (Wildman–Crippen MR) is 67.1 cm³/mol. The third-order valence-corrected chi connectivity index (χ3v) is 3.27. The maximum atomic E-state index is 11.8. The van der Waals surface area contributed by atoms with Crippen LogP contribution in [0.15, 0.2) is 18.7 Å². The van der Waals surface area contributed by atoms with E-state index in [0.29, 0.717) is 23.9 Å². The molecule has 1 saturated heterocycles. The molecule has 0 radical (unpaired) electrons. The van der Waals surface area contributed by atoms with Crippen LogP contribution in [0.1, 0.15) is 30.6 Å². The monoisotopic (exact) mass is 249 g/mol. The van der Waals surface area contributed by atoms with Crippen LogP contribution in [0.2, 0.25) is 0 Å². The van der Waals surface area contributed by atoms with Crippen molar-refractivity contribution in [3.8, 4) is 0 Å². The Morgan fingerprint density at radius 2 is 2.22 bits per heavy atom. The van der Waals surface area contributed by atoms with Crippen LogP contribution in [0.3, 0.4) is 0 Å². The molecule has 1 aliphatic heterocycles. The summed E-state index contributed by atoms with van der Waals surface area (Å²) in [6.45, 7) is 5.74. The van der Waals surface area contributed by atoms with Gasteiger partial charge in [-0.2, -0.15) is 0 Å². The average molecular weight is 249 g/mol. The SMILES string of the molecule is CC(C)[C@H]1OCC[C@@H]1CNC(=O)c1cncnc1. The first-order valence-corrected chi connectivity index (χ1v) is 6.33. The molecule has 5 nitrogen and oxygen atoms in total. The highest BCUT2D eigenvalue weighted by Crippen LogP contribution is 2.26. The summed E-state index contributed by atoms with van der Waals surface area (Å²) in [5, 5.41) is 2.93. The molecule has 1 aliphatic rings. The lowest BCUT2D eigenvalue weighted by molar-refractivity contribution is 0.0533. The Balaban J connectivity index is 1.86. The lowest BCUT2D eigenvalue weighted by Gasteiger charge is -2.22. The first-order valence-electron chi connectivity index (χ1n) is 6.33. The van der Waals surface area contributed by atoms with Gasteiger partial charge >= 0.3 is 0 Å². The molecule has 0 aliphatic carbocycles. The Kier molecular flexibility index (Phi) is 4.25. The second kappa shape index (κ2) is 5.91. The number of hydrogen-bond donors (Lipinski definition) is 1. The Labute approximate surface area is 107 Å². The van der Waals surface area contributed by atoms with Gasteiger partial charge in [-0.3, -0.25) is 4.79 Å². The van der Waals surface area contributed by atoms with Crippen LogP contribution in [-0.4, -0.2) is 35.1 Å². The van der Waals surface area contributed by atoms with Crippen molar-refractivity contribution in [3.63, 3.8) is 0 Å². The zero-order valence-corrected chi connectivity index (χ0v) is 10.8. The molecule has 0 bridgehead atoms. The van der Waals surface area contributed by atoms with E-state index in [2.05, 4.69) is 29.1 Å². The number of amides is 1. The molecule has 18 heavy (non-hydrogen) atoms. The molecule has 2 atom stereocenters. The smallest absolute Gasteiger partial charge is 0.254 e. The van der Waals surface area contributed by atoms with Crippen molar-refractivity contribution in [1.29, 1.82) is 0 Å². The van der Waals surface area contributed by atoms with Crippen LogP contribution in [0.5, 0.6) is 0 Å². The van der Waals surface area contributed by atoms with Gasteiger partial charge < -0.3 is 10.1 Å². The highest BCUT2D eigenvalue weighted by molar-refractivity contribution is 5.93. The summed E-state index contributed by atoms with van der Waals surface area (Å²) in [5.74, 6) is 0.762. The molecular formula is C13H19N3O2. The fourth-order valence-electron chi connectivity index (χ4n) is 2.35. The topological polar surface area (TPSA) is 64.1 Å². The molecule has 1 amide bonds. The molecule has 5 heteroatoms. The summed E-state index contributed by atoms with van der Waals surface area (Å²) in [6, 6.07) is 0. The third-order valence-electron chi connectivity index (χ3n) is 3.27. The first-order chi connectivity index (χ1) is 8.68. The third kappa shape index (κ3) is 3.04.